The standard InChI is InChI=1S/C21H20ClN5O/c22-17-5-4-6-18(13-17)25-20(28)16-14-23-21(24-15-16)27-11-9-26(10-12-27)19-7-2-1-3-8-19/h1-8,13-15H,9-12H2,(H,25,28). The number of amides is 1. The van der Waals surface area contributed by atoms with Gasteiger partial charge >= 0.3 is 0 Å². The number of rotatable bonds is 4. The molecule has 1 N–H and O–H groups in total. The summed E-state index contributed by atoms with van der Waals surface area (Å²) in [4.78, 5) is 25.6. The SMILES string of the molecule is O=C(Nc1cccc(Cl)c1)c1cnc(N2CCN(c3ccccc3)CC2)nc1. The zero-order chi connectivity index (χ0) is 19.3. The summed E-state index contributed by atoms with van der Waals surface area (Å²) in [7, 11) is 0. The van der Waals surface area contributed by atoms with Crippen molar-refractivity contribution in [2.45, 2.75) is 0 Å². The van der Waals surface area contributed by atoms with Crippen molar-refractivity contribution in [2.75, 3.05) is 41.3 Å². The maximum Gasteiger partial charge on any atom is 0.258 e. The molecule has 0 atom stereocenters. The number of hydrogen-bond donors (Lipinski definition) is 1. The fourth-order valence-electron chi connectivity index (χ4n) is 3.17. The van der Waals surface area contributed by atoms with Crippen molar-refractivity contribution in [1.82, 2.24) is 9.97 Å². The highest BCUT2D eigenvalue weighted by Crippen LogP contribution is 2.19. The highest BCUT2D eigenvalue weighted by Gasteiger charge is 2.19. The van der Waals surface area contributed by atoms with Crippen LogP contribution >= 0.6 is 11.6 Å². The lowest BCUT2D eigenvalue weighted by atomic mass is 10.2. The molecule has 4 rings (SSSR count). The number of anilines is 3. The first-order valence-electron chi connectivity index (χ1n) is 9.13. The Morgan fingerprint density at radius 2 is 1.57 bits per heavy atom. The van der Waals surface area contributed by atoms with E-state index in [1.165, 1.54) is 5.69 Å². The summed E-state index contributed by atoms with van der Waals surface area (Å²) >= 11 is 5.95. The lowest BCUT2D eigenvalue weighted by Gasteiger charge is -2.36. The van der Waals surface area contributed by atoms with E-state index in [1.807, 2.05) is 6.07 Å². The lowest BCUT2D eigenvalue weighted by molar-refractivity contribution is 0.102. The Kier molecular flexibility index (Phi) is 5.39. The van der Waals surface area contributed by atoms with Crippen molar-refractivity contribution >= 4 is 34.8 Å². The fourth-order valence-corrected chi connectivity index (χ4v) is 3.37. The first kappa shape index (κ1) is 18.3. The number of hydrogen-bond acceptors (Lipinski definition) is 5. The summed E-state index contributed by atoms with van der Waals surface area (Å²) in [6.07, 6.45) is 3.12. The highest BCUT2D eigenvalue weighted by molar-refractivity contribution is 6.30. The molecule has 1 amide bonds. The third kappa shape index (κ3) is 4.23. The van der Waals surface area contributed by atoms with Crippen LogP contribution in [0, 0.1) is 0 Å². The second kappa shape index (κ2) is 8.27. The van der Waals surface area contributed by atoms with Crippen molar-refractivity contribution in [3.63, 3.8) is 0 Å². The Bertz CT molecular complexity index is 941. The van der Waals surface area contributed by atoms with Crippen LogP contribution in [-0.2, 0) is 0 Å². The molecule has 1 fully saturated rings. The minimum Gasteiger partial charge on any atom is -0.368 e. The molecule has 3 aromatic rings. The number of carbonyl (C=O) groups is 1. The first-order chi connectivity index (χ1) is 13.7. The molecule has 1 aliphatic heterocycles. The molecule has 2 heterocycles. The van der Waals surface area contributed by atoms with Gasteiger partial charge in [-0.2, -0.15) is 0 Å². The van der Waals surface area contributed by atoms with Crippen LogP contribution in [0.3, 0.4) is 0 Å². The topological polar surface area (TPSA) is 61.4 Å². The number of piperazine rings is 1. The van der Waals surface area contributed by atoms with Crippen LogP contribution in [0.4, 0.5) is 17.3 Å². The molecule has 1 aromatic heterocycles. The van der Waals surface area contributed by atoms with Crippen LogP contribution in [0.5, 0.6) is 0 Å². The predicted octanol–water partition coefficient (Wildman–Crippen LogP) is 3.71. The molecule has 0 saturated carbocycles. The van der Waals surface area contributed by atoms with Gasteiger partial charge in [-0.05, 0) is 30.3 Å². The molecule has 7 heteroatoms. The van der Waals surface area contributed by atoms with E-state index in [1.54, 1.807) is 36.7 Å². The Balaban J connectivity index is 1.36. The zero-order valence-corrected chi connectivity index (χ0v) is 16.0. The van der Waals surface area contributed by atoms with Crippen molar-refractivity contribution in [2.24, 2.45) is 0 Å². The van der Waals surface area contributed by atoms with Crippen LogP contribution in [0.15, 0.2) is 67.0 Å². The molecule has 142 valence electrons. The van der Waals surface area contributed by atoms with E-state index >= 15 is 0 Å². The normalized spacial score (nSPS) is 14.0. The lowest BCUT2D eigenvalue weighted by Crippen LogP contribution is -2.47. The monoisotopic (exact) mass is 393 g/mol. The van der Waals surface area contributed by atoms with E-state index < -0.39 is 0 Å². The average molecular weight is 394 g/mol. The average Bonchev–Trinajstić information content (AvgIpc) is 2.75. The van der Waals surface area contributed by atoms with Gasteiger partial charge in [-0.3, -0.25) is 4.79 Å². The Morgan fingerprint density at radius 1 is 0.893 bits per heavy atom. The van der Waals surface area contributed by atoms with E-state index in [2.05, 4.69) is 49.4 Å². The van der Waals surface area contributed by atoms with Crippen LogP contribution in [0.25, 0.3) is 0 Å². The van der Waals surface area contributed by atoms with Gasteiger partial charge in [0.1, 0.15) is 0 Å². The molecule has 6 nitrogen and oxygen atoms in total. The van der Waals surface area contributed by atoms with Crippen molar-refractivity contribution in [3.05, 3.63) is 77.6 Å². The molecule has 0 bridgehead atoms. The molecular formula is C21H20ClN5O. The minimum absolute atomic E-state index is 0.261. The van der Waals surface area contributed by atoms with E-state index in [4.69, 9.17) is 11.6 Å². The molecule has 1 aliphatic rings. The van der Waals surface area contributed by atoms with Gasteiger partial charge in [0.15, 0.2) is 0 Å². The van der Waals surface area contributed by atoms with Gasteiger partial charge in [-0.15, -0.1) is 0 Å². The van der Waals surface area contributed by atoms with Gasteiger partial charge in [0.25, 0.3) is 5.91 Å². The number of para-hydroxylation sites is 1. The van der Waals surface area contributed by atoms with E-state index in [0.717, 1.165) is 26.2 Å². The molecule has 0 spiro atoms. The van der Waals surface area contributed by atoms with Gasteiger partial charge in [-0.25, -0.2) is 9.97 Å². The molecular weight excluding hydrogens is 374 g/mol. The fraction of sp³-hybridized carbons (Fsp3) is 0.190. The van der Waals surface area contributed by atoms with Gasteiger partial charge in [-0.1, -0.05) is 35.9 Å². The number of halogens is 1. The van der Waals surface area contributed by atoms with Crippen LogP contribution < -0.4 is 15.1 Å². The summed E-state index contributed by atoms with van der Waals surface area (Å²) in [6.45, 7) is 3.49. The van der Waals surface area contributed by atoms with Gasteiger partial charge in [0.05, 0.1) is 5.56 Å². The number of nitrogens with zero attached hydrogens (tertiary/aromatic N) is 4. The largest absolute Gasteiger partial charge is 0.368 e. The van der Waals surface area contributed by atoms with Crippen LogP contribution in [-0.4, -0.2) is 42.1 Å². The molecule has 0 unspecified atom stereocenters. The molecule has 0 radical (unpaired) electrons. The summed E-state index contributed by atoms with van der Waals surface area (Å²) < 4.78 is 0. The van der Waals surface area contributed by atoms with E-state index in [-0.39, 0.29) is 5.91 Å². The smallest absolute Gasteiger partial charge is 0.258 e. The number of nitrogens with one attached hydrogen (secondary N) is 1. The summed E-state index contributed by atoms with van der Waals surface area (Å²) in [6, 6.07) is 17.4. The zero-order valence-electron chi connectivity index (χ0n) is 15.3. The Hall–Kier alpha value is -3.12. The van der Waals surface area contributed by atoms with E-state index in [9.17, 15) is 4.79 Å². The molecule has 28 heavy (non-hydrogen) atoms. The predicted molar refractivity (Wildman–Crippen MR) is 112 cm³/mol. The Labute approximate surface area is 168 Å². The van der Waals surface area contributed by atoms with E-state index in [0.29, 0.717) is 22.2 Å². The Morgan fingerprint density at radius 3 is 2.25 bits per heavy atom. The summed E-state index contributed by atoms with van der Waals surface area (Å²) in [5.41, 5.74) is 2.28. The van der Waals surface area contributed by atoms with Gasteiger partial charge in [0, 0.05) is 55.0 Å². The second-order valence-electron chi connectivity index (χ2n) is 6.55. The third-order valence-electron chi connectivity index (χ3n) is 4.67. The first-order valence-corrected chi connectivity index (χ1v) is 9.51. The van der Waals surface area contributed by atoms with Crippen molar-refractivity contribution < 1.29 is 4.79 Å². The maximum absolute atomic E-state index is 12.4. The number of aromatic nitrogens is 2. The minimum atomic E-state index is -0.261. The second-order valence-corrected chi connectivity index (χ2v) is 6.98. The molecule has 0 aliphatic carbocycles. The third-order valence-corrected chi connectivity index (χ3v) is 4.90. The van der Waals surface area contributed by atoms with Gasteiger partial charge in [0.2, 0.25) is 5.95 Å². The number of carbonyl (C=O) groups excluding carboxylic acids is 1. The van der Waals surface area contributed by atoms with Crippen LogP contribution in [0.2, 0.25) is 5.02 Å². The molecule has 1 saturated heterocycles. The summed E-state index contributed by atoms with van der Waals surface area (Å²) in [5, 5.41) is 3.37. The van der Waals surface area contributed by atoms with Crippen molar-refractivity contribution in [1.29, 1.82) is 0 Å². The summed E-state index contributed by atoms with van der Waals surface area (Å²) in [5.74, 6) is 0.384. The number of benzene rings is 2. The maximum atomic E-state index is 12.4. The highest BCUT2D eigenvalue weighted by atomic mass is 35.5. The van der Waals surface area contributed by atoms with Crippen molar-refractivity contribution in [3.8, 4) is 0 Å². The van der Waals surface area contributed by atoms with Gasteiger partial charge < -0.3 is 15.1 Å². The quantitative estimate of drug-likeness (QED) is 0.732. The molecule has 2 aromatic carbocycles. The van der Waals surface area contributed by atoms with Crippen LogP contribution in [0.1, 0.15) is 10.4 Å².